The lowest BCUT2D eigenvalue weighted by molar-refractivity contribution is 0.867. The molecule has 0 spiro atoms. The Labute approximate surface area is 143 Å². The molecule has 2 aromatic rings. The zero-order chi connectivity index (χ0) is 16.8. The van der Waals surface area contributed by atoms with Crippen LogP contribution in [0.25, 0.3) is 0 Å². The predicted octanol–water partition coefficient (Wildman–Crippen LogP) is 5.85. The molecular formula is C19H25N3S. The lowest BCUT2D eigenvalue weighted by Gasteiger charge is -2.19. The summed E-state index contributed by atoms with van der Waals surface area (Å²) in [5.41, 5.74) is 4.62. The highest BCUT2D eigenvalue weighted by Gasteiger charge is 2.14. The number of benzene rings is 2. The summed E-state index contributed by atoms with van der Waals surface area (Å²) in [5, 5.41) is 3.36. The quantitative estimate of drug-likeness (QED) is 0.679. The number of para-hydroxylation sites is 1. The van der Waals surface area contributed by atoms with Crippen LogP contribution in [-0.2, 0) is 0 Å². The number of hydrogen-bond acceptors (Lipinski definition) is 4. The number of anilines is 1. The average Bonchev–Trinajstić information content (AvgIpc) is 2.58. The van der Waals surface area contributed by atoms with Crippen molar-refractivity contribution in [1.82, 2.24) is 4.72 Å². The standard InChI is InChI=1S/C17H19N3S.C2H6/c1-11(2)13-7-5-8-14(10-13)18-17-19-16-12(3)6-4-9-15(16)21-20-17;1-2/h4-11H,1-3H3,(H2,18,19,20);1-2H3. The topological polar surface area (TPSA) is 36.4 Å². The van der Waals surface area contributed by atoms with Crippen LogP contribution in [0.1, 0.15) is 44.7 Å². The molecule has 2 N–H and O–H groups in total. The minimum Gasteiger partial charge on any atom is -0.325 e. The van der Waals surface area contributed by atoms with E-state index in [1.54, 1.807) is 11.9 Å². The van der Waals surface area contributed by atoms with Gasteiger partial charge < -0.3 is 5.32 Å². The molecule has 2 aromatic carbocycles. The molecule has 1 aliphatic heterocycles. The van der Waals surface area contributed by atoms with Gasteiger partial charge in [0.05, 0.1) is 10.6 Å². The summed E-state index contributed by atoms with van der Waals surface area (Å²) in [6.45, 7) is 10.5. The molecule has 3 rings (SSSR count). The third kappa shape index (κ3) is 4.29. The van der Waals surface area contributed by atoms with Crippen molar-refractivity contribution in [3.63, 3.8) is 0 Å². The first-order valence-electron chi connectivity index (χ1n) is 8.11. The van der Waals surface area contributed by atoms with E-state index in [1.165, 1.54) is 11.1 Å². The molecule has 0 amide bonds. The fraction of sp³-hybridized carbons (Fsp3) is 0.316. The fourth-order valence-corrected chi connectivity index (χ4v) is 3.01. The molecule has 3 nitrogen and oxygen atoms in total. The number of rotatable bonds is 2. The van der Waals surface area contributed by atoms with Gasteiger partial charge in [-0.05, 0) is 54.1 Å². The zero-order valence-electron chi connectivity index (χ0n) is 14.5. The van der Waals surface area contributed by atoms with Gasteiger partial charge in [0, 0.05) is 5.69 Å². The Morgan fingerprint density at radius 2 is 1.83 bits per heavy atom. The summed E-state index contributed by atoms with van der Waals surface area (Å²) >= 11 is 1.60. The van der Waals surface area contributed by atoms with Gasteiger partial charge in [0.1, 0.15) is 0 Å². The van der Waals surface area contributed by atoms with Crippen LogP contribution in [-0.4, -0.2) is 5.96 Å². The van der Waals surface area contributed by atoms with Gasteiger partial charge in [-0.15, -0.1) is 0 Å². The van der Waals surface area contributed by atoms with Crippen LogP contribution in [0.15, 0.2) is 52.4 Å². The van der Waals surface area contributed by atoms with Crippen molar-refractivity contribution in [2.45, 2.75) is 45.4 Å². The third-order valence-electron chi connectivity index (χ3n) is 3.50. The van der Waals surface area contributed by atoms with E-state index in [9.17, 15) is 0 Å². The van der Waals surface area contributed by atoms with Crippen LogP contribution in [0.5, 0.6) is 0 Å². The lowest BCUT2D eigenvalue weighted by Crippen LogP contribution is -2.27. The maximum absolute atomic E-state index is 4.69. The molecule has 0 unspecified atom stereocenters. The molecule has 122 valence electrons. The van der Waals surface area contributed by atoms with E-state index in [1.807, 2.05) is 13.8 Å². The molecule has 23 heavy (non-hydrogen) atoms. The molecular weight excluding hydrogens is 302 g/mol. The monoisotopic (exact) mass is 327 g/mol. The predicted molar refractivity (Wildman–Crippen MR) is 103 cm³/mol. The highest BCUT2D eigenvalue weighted by atomic mass is 32.2. The second kappa shape index (κ2) is 8.06. The van der Waals surface area contributed by atoms with Crippen molar-refractivity contribution in [3.05, 3.63) is 53.6 Å². The van der Waals surface area contributed by atoms with E-state index < -0.39 is 0 Å². The number of aryl methyl sites for hydroxylation is 1. The molecule has 0 radical (unpaired) electrons. The van der Waals surface area contributed by atoms with Crippen molar-refractivity contribution in [2.24, 2.45) is 4.99 Å². The van der Waals surface area contributed by atoms with Gasteiger partial charge in [0.25, 0.3) is 0 Å². The van der Waals surface area contributed by atoms with Crippen molar-refractivity contribution < 1.29 is 0 Å². The number of aliphatic imine (C=N–C) groups is 1. The lowest BCUT2D eigenvalue weighted by atomic mass is 10.0. The fourth-order valence-electron chi connectivity index (χ4n) is 2.26. The number of nitrogens with one attached hydrogen (secondary N) is 2. The van der Waals surface area contributed by atoms with Crippen molar-refractivity contribution >= 4 is 29.3 Å². The highest BCUT2D eigenvalue weighted by Crippen LogP contribution is 2.34. The SMILES string of the molecule is CC.Cc1cccc2c1N=C(Nc1cccc(C(C)C)c1)NS2. The molecule has 0 bridgehead atoms. The van der Waals surface area contributed by atoms with Crippen LogP contribution in [0.4, 0.5) is 11.4 Å². The molecule has 4 heteroatoms. The Morgan fingerprint density at radius 1 is 1.09 bits per heavy atom. The largest absolute Gasteiger partial charge is 0.325 e. The second-order valence-corrected chi connectivity index (χ2v) is 6.34. The van der Waals surface area contributed by atoms with Gasteiger partial charge in [-0.2, -0.15) is 0 Å². The molecule has 0 fully saturated rings. The molecule has 0 saturated carbocycles. The summed E-state index contributed by atoms with van der Waals surface area (Å²) in [4.78, 5) is 5.85. The van der Waals surface area contributed by atoms with E-state index in [0.717, 1.165) is 22.2 Å². The average molecular weight is 327 g/mol. The van der Waals surface area contributed by atoms with Gasteiger partial charge >= 0.3 is 0 Å². The van der Waals surface area contributed by atoms with Gasteiger partial charge in [0.2, 0.25) is 5.96 Å². The summed E-state index contributed by atoms with van der Waals surface area (Å²) in [6.07, 6.45) is 0. The molecule has 0 aliphatic carbocycles. The maximum Gasteiger partial charge on any atom is 0.211 e. The smallest absolute Gasteiger partial charge is 0.211 e. The van der Waals surface area contributed by atoms with Crippen LogP contribution in [0.3, 0.4) is 0 Å². The minimum atomic E-state index is 0.519. The van der Waals surface area contributed by atoms with E-state index in [4.69, 9.17) is 0 Å². The Morgan fingerprint density at radius 3 is 2.57 bits per heavy atom. The van der Waals surface area contributed by atoms with E-state index in [2.05, 4.69) is 78.3 Å². The maximum atomic E-state index is 4.69. The van der Waals surface area contributed by atoms with Gasteiger partial charge in [0.15, 0.2) is 0 Å². The Hall–Kier alpha value is -1.94. The van der Waals surface area contributed by atoms with Crippen molar-refractivity contribution in [3.8, 4) is 0 Å². The summed E-state index contributed by atoms with van der Waals surface area (Å²) in [5.74, 6) is 1.30. The molecule has 1 aliphatic rings. The summed E-state index contributed by atoms with van der Waals surface area (Å²) in [6, 6.07) is 14.7. The van der Waals surface area contributed by atoms with Crippen LogP contribution < -0.4 is 10.0 Å². The Bertz CT molecular complexity index is 693. The second-order valence-electron chi connectivity index (χ2n) is 5.49. The number of guanidine groups is 1. The van der Waals surface area contributed by atoms with Crippen LogP contribution in [0.2, 0.25) is 0 Å². The molecule has 0 aromatic heterocycles. The summed E-state index contributed by atoms with van der Waals surface area (Å²) < 4.78 is 3.26. The van der Waals surface area contributed by atoms with E-state index in [-0.39, 0.29) is 0 Å². The Kier molecular flexibility index (Phi) is 6.11. The first-order valence-corrected chi connectivity index (χ1v) is 8.93. The normalized spacial score (nSPS) is 12.5. The van der Waals surface area contributed by atoms with Gasteiger partial charge in [-0.1, -0.05) is 52.0 Å². The number of fused-ring (bicyclic) bond motifs is 1. The molecule has 0 saturated heterocycles. The zero-order valence-corrected chi connectivity index (χ0v) is 15.3. The van der Waals surface area contributed by atoms with E-state index >= 15 is 0 Å². The highest BCUT2D eigenvalue weighted by molar-refractivity contribution is 7.98. The molecule has 1 heterocycles. The Balaban J connectivity index is 0.000000924. The van der Waals surface area contributed by atoms with Gasteiger partial charge in [-0.3, -0.25) is 4.72 Å². The minimum absolute atomic E-state index is 0.519. The molecule has 0 atom stereocenters. The van der Waals surface area contributed by atoms with Crippen LogP contribution >= 0.6 is 11.9 Å². The van der Waals surface area contributed by atoms with Crippen molar-refractivity contribution in [2.75, 3.05) is 5.32 Å². The van der Waals surface area contributed by atoms with Crippen LogP contribution in [0, 0.1) is 6.92 Å². The first-order chi connectivity index (χ1) is 11.1. The first kappa shape index (κ1) is 17.4. The number of nitrogens with zero attached hydrogens (tertiary/aromatic N) is 1. The summed E-state index contributed by atoms with van der Waals surface area (Å²) in [7, 11) is 0. The third-order valence-corrected chi connectivity index (χ3v) is 4.34. The van der Waals surface area contributed by atoms with Gasteiger partial charge in [-0.25, -0.2) is 4.99 Å². The van der Waals surface area contributed by atoms with Crippen molar-refractivity contribution in [1.29, 1.82) is 0 Å². The van der Waals surface area contributed by atoms with E-state index in [0.29, 0.717) is 5.92 Å². The number of hydrogen-bond donors (Lipinski definition) is 2.